The molecule has 3 nitrogen and oxygen atoms in total. The largest absolute Gasteiger partial charge is 0.503 e. The number of hydrogen-bond donors (Lipinski definition) is 1. The average Bonchev–Trinajstić information content (AvgIpc) is 2.12. The van der Waals surface area contributed by atoms with Gasteiger partial charge in [0.1, 0.15) is 0 Å². The summed E-state index contributed by atoms with van der Waals surface area (Å²) < 4.78 is 6.22. The highest BCUT2D eigenvalue weighted by atomic mass is 127. The second kappa shape index (κ2) is 4.45. The van der Waals surface area contributed by atoms with Gasteiger partial charge in [-0.1, -0.05) is 0 Å². The summed E-state index contributed by atoms with van der Waals surface area (Å²) in [7, 11) is 1.46. The zero-order valence-electron chi connectivity index (χ0n) is 6.67. The number of ether oxygens (including phenoxy) is 1. The van der Waals surface area contributed by atoms with Gasteiger partial charge < -0.3 is 9.84 Å². The van der Waals surface area contributed by atoms with Crippen LogP contribution in [0.25, 0.3) is 0 Å². The maximum Gasteiger partial charge on any atom is 0.175 e. The number of halogens is 2. The highest BCUT2D eigenvalue weighted by molar-refractivity contribution is 14.1. The minimum absolute atomic E-state index is 0.0816. The van der Waals surface area contributed by atoms with Crippen LogP contribution in [-0.4, -0.2) is 18.5 Å². The SMILES string of the molecule is COc1c(O)c(I)cc(C=O)c1I. The first-order chi connectivity index (χ1) is 6.11. The standard InChI is InChI=1S/C8H6I2O3/c1-13-8-6(10)4(3-11)2-5(9)7(8)12/h2-3,12H,1H3. The summed E-state index contributed by atoms with van der Waals surface area (Å²) in [6.45, 7) is 0. The Balaban J connectivity index is 3.47. The Morgan fingerprint density at radius 2 is 2.15 bits per heavy atom. The van der Waals surface area contributed by atoms with Crippen LogP contribution in [0.4, 0.5) is 0 Å². The zero-order chi connectivity index (χ0) is 10.0. The van der Waals surface area contributed by atoms with E-state index in [4.69, 9.17) is 4.74 Å². The summed E-state index contributed by atoms with van der Waals surface area (Å²) in [5.74, 6) is 0.438. The van der Waals surface area contributed by atoms with E-state index >= 15 is 0 Å². The quantitative estimate of drug-likeness (QED) is 0.609. The third-order valence-corrected chi connectivity index (χ3v) is 3.44. The summed E-state index contributed by atoms with van der Waals surface area (Å²) in [6, 6.07) is 1.62. The number of hydrogen-bond acceptors (Lipinski definition) is 3. The van der Waals surface area contributed by atoms with Gasteiger partial charge in [0.25, 0.3) is 0 Å². The normalized spacial score (nSPS) is 9.77. The van der Waals surface area contributed by atoms with Crippen molar-refractivity contribution in [1.82, 2.24) is 0 Å². The van der Waals surface area contributed by atoms with E-state index in [1.54, 1.807) is 6.07 Å². The summed E-state index contributed by atoms with van der Waals surface area (Å²) in [5.41, 5.74) is 0.527. The molecule has 0 saturated carbocycles. The van der Waals surface area contributed by atoms with Gasteiger partial charge in [0, 0.05) is 5.56 Å². The third kappa shape index (κ3) is 2.06. The number of rotatable bonds is 2. The number of carbonyl (C=O) groups excluding carboxylic acids is 1. The van der Waals surface area contributed by atoms with Crippen molar-refractivity contribution in [3.8, 4) is 11.5 Å². The molecule has 0 spiro atoms. The van der Waals surface area contributed by atoms with Crippen LogP contribution in [0, 0.1) is 7.14 Å². The van der Waals surface area contributed by atoms with Gasteiger partial charge in [0.2, 0.25) is 0 Å². The predicted molar refractivity (Wildman–Crippen MR) is 65.5 cm³/mol. The second-order valence-corrected chi connectivity index (χ2v) is 4.50. The lowest BCUT2D eigenvalue weighted by molar-refractivity contribution is 0.112. The van der Waals surface area contributed by atoms with Crippen molar-refractivity contribution in [1.29, 1.82) is 0 Å². The van der Waals surface area contributed by atoms with Crippen molar-refractivity contribution in [2.24, 2.45) is 0 Å². The van der Waals surface area contributed by atoms with Crippen LogP contribution in [0.3, 0.4) is 0 Å². The Bertz CT molecular complexity index is 350. The Kier molecular flexibility index (Phi) is 3.77. The van der Waals surface area contributed by atoms with Crippen LogP contribution in [0.15, 0.2) is 6.07 Å². The molecule has 0 aliphatic carbocycles. The van der Waals surface area contributed by atoms with Gasteiger partial charge in [-0.25, -0.2) is 0 Å². The molecule has 1 N–H and O–H groups in total. The summed E-state index contributed by atoms with van der Waals surface area (Å²) in [4.78, 5) is 10.6. The molecule has 0 saturated heterocycles. The molecule has 0 amide bonds. The monoisotopic (exact) mass is 404 g/mol. The highest BCUT2D eigenvalue weighted by Gasteiger charge is 2.14. The molecule has 0 bridgehead atoms. The Morgan fingerprint density at radius 1 is 1.54 bits per heavy atom. The van der Waals surface area contributed by atoms with E-state index in [-0.39, 0.29) is 5.75 Å². The molecule has 0 aliphatic heterocycles. The van der Waals surface area contributed by atoms with E-state index in [0.29, 0.717) is 18.5 Å². The van der Waals surface area contributed by atoms with Gasteiger partial charge in [-0.3, -0.25) is 4.79 Å². The first-order valence-electron chi connectivity index (χ1n) is 3.32. The molecule has 0 atom stereocenters. The number of aldehydes is 1. The lowest BCUT2D eigenvalue weighted by atomic mass is 10.2. The molecule has 5 heteroatoms. The van der Waals surface area contributed by atoms with Crippen molar-refractivity contribution in [2.45, 2.75) is 0 Å². The Labute approximate surface area is 103 Å². The van der Waals surface area contributed by atoms with E-state index in [2.05, 4.69) is 0 Å². The summed E-state index contributed by atoms with van der Waals surface area (Å²) in [6.07, 6.45) is 0.742. The maximum absolute atomic E-state index is 10.6. The first kappa shape index (κ1) is 11.0. The maximum atomic E-state index is 10.6. The Hall–Kier alpha value is -0.0500. The highest BCUT2D eigenvalue weighted by Crippen LogP contribution is 2.37. The van der Waals surface area contributed by atoms with Crippen molar-refractivity contribution in [3.05, 3.63) is 18.8 Å². The van der Waals surface area contributed by atoms with Crippen LogP contribution in [0.5, 0.6) is 11.5 Å². The molecule has 0 fully saturated rings. The van der Waals surface area contributed by atoms with Crippen molar-refractivity contribution < 1.29 is 14.6 Å². The molecule has 1 aromatic carbocycles. The van der Waals surface area contributed by atoms with E-state index < -0.39 is 0 Å². The van der Waals surface area contributed by atoms with Crippen molar-refractivity contribution in [2.75, 3.05) is 7.11 Å². The van der Waals surface area contributed by atoms with Gasteiger partial charge in [0.05, 0.1) is 14.3 Å². The van der Waals surface area contributed by atoms with Gasteiger partial charge in [-0.2, -0.15) is 0 Å². The molecule has 0 aliphatic rings. The third-order valence-electron chi connectivity index (χ3n) is 1.51. The predicted octanol–water partition coefficient (Wildman–Crippen LogP) is 2.42. The molecular formula is C8H6I2O3. The molecule has 0 unspecified atom stereocenters. The van der Waals surface area contributed by atoms with Crippen LogP contribution in [0.1, 0.15) is 10.4 Å². The molecule has 0 radical (unpaired) electrons. The molecule has 0 aromatic heterocycles. The Morgan fingerprint density at radius 3 is 2.62 bits per heavy atom. The van der Waals surface area contributed by atoms with Crippen LogP contribution in [0.2, 0.25) is 0 Å². The lowest BCUT2D eigenvalue weighted by Gasteiger charge is -2.08. The van der Waals surface area contributed by atoms with E-state index in [0.717, 1.165) is 6.29 Å². The van der Waals surface area contributed by atoms with Crippen LogP contribution in [-0.2, 0) is 0 Å². The van der Waals surface area contributed by atoms with Gasteiger partial charge in [-0.05, 0) is 51.2 Å². The van der Waals surface area contributed by atoms with Gasteiger partial charge in [-0.15, -0.1) is 0 Å². The van der Waals surface area contributed by atoms with Crippen LogP contribution >= 0.6 is 45.2 Å². The van der Waals surface area contributed by atoms with Crippen LogP contribution < -0.4 is 4.74 Å². The first-order valence-corrected chi connectivity index (χ1v) is 5.47. The lowest BCUT2D eigenvalue weighted by Crippen LogP contribution is -1.95. The zero-order valence-corrected chi connectivity index (χ0v) is 11.0. The van der Waals surface area contributed by atoms with Gasteiger partial charge in [0.15, 0.2) is 17.8 Å². The van der Waals surface area contributed by atoms with E-state index in [1.807, 2.05) is 45.2 Å². The molecule has 70 valence electrons. The average molecular weight is 404 g/mol. The number of aromatic hydroxyl groups is 1. The van der Waals surface area contributed by atoms with Crippen molar-refractivity contribution >= 4 is 51.5 Å². The molecule has 0 heterocycles. The smallest absolute Gasteiger partial charge is 0.175 e. The fourth-order valence-corrected chi connectivity index (χ4v) is 2.22. The number of carbonyl (C=O) groups is 1. The second-order valence-electron chi connectivity index (χ2n) is 2.26. The number of phenolic OH excluding ortho intramolecular Hbond substituents is 1. The molecular weight excluding hydrogens is 398 g/mol. The number of methoxy groups -OCH3 is 1. The van der Waals surface area contributed by atoms with E-state index in [1.165, 1.54) is 7.11 Å². The van der Waals surface area contributed by atoms with Gasteiger partial charge >= 0.3 is 0 Å². The fourth-order valence-electron chi connectivity index (χ4n) is 0.884. The van der Waals surface area contributed by atoms with E-state index in [9.17, 15) is 9.90 Å². The topological polar surface area (TPSA) is 46.5 Å². The minimum atomic E-state index is 0.0816. The number of benzene rings is 1. The summed E-state index contributed by atoms with van der Waals surface area (Å²) in [5, 5.41) is 9.55. The minimum Gasteiger partial charge on any atom is -0.503 e. The molecule has 1 aromatic rings. The molecule has 13 heavy (non-hydrogen) atoms. The van der Waals surface area contributed by atoms with Crippen molar-refractivity contribution in [3.63, 3.8) is 0 Å². The summed E-state index contributed by atoms with van der Waals surface area (Å²) >= 11 is 3.91. The fraction of sp³-hybridized carbons (Fsp3) is 0.125. The molecule has 1 rings (SSSR count). The number of phenols is 1.